The van der Waals surface area contributed by atoms with E-state index in [0.717, 1.165) is 11.1 Å². The van der Waals surface area contributed by atoms with E-state index < -0.39 is 6.10 Å². The number of benzene rings is 2. The standard InChI is InChI=1S/C17H18ClNO3/c1-22-16-8-7-12(9-14(16)18)11-19-17(21)10-15(20)13-5-3-2-4-6-13/h2-9,15,20H,10-11H2,1H3,(H,19,21). The number of carbonyl (C=O) groups excluding carboxylic acids is 1. The molecule has 1 unspecified atom stereocenters. The lowest BCUT2D eigenvalue weighted by atomic mass is 10.1. The molecule has 0 aliphatic heterocycles. The fourth-order valence-electron chi connectivity index (χ4n) is 2.06. The number of aliphatic hydroxyl groups excluding tert-OH is 1. The highest BCUT2D eigenvalue weighted by atomic mass is 35.5. The molecule has 0 saturated carbocycles. The first kappa shape index (κ1) is 16.3. The Morgan fingerprint density at radius 2 is 2.00 bits per heavy atom. The van der Waals surface area contributed by atoms with E-state index >= 15 is 0 Å². The molecule has 0 radical (unpaired) electrons. The van der Waals surface area contributed by atoms with E-state index in [-0.39, 0.29) is 12.3 Å². The number of hydrogen-bond donors (Lipinski definition) is 2. The van der Waals surface area contributed by atoms with Crippen molar-refractivity contribution in [2.75, 3.05) is 7.11 Å². The highest BCUT2D eigenvalue weighted by Crippen LogP contribution is 2.24. The Balaban J connectivity index is 1.86. The summed E-state index contributed by atoms with van der Waals surface area (Å²) in [6.45, 7) is 0.351. The summed E-state index contributed by atoms with van der Waals surface area (Å²) in [5.74, 6) is 0.375. The Labute approximate surface area is 134 Å². The molecule has 0 bridgehead atoms. The van der Waals surface area contributed by atoms with Crippen LogP contribution in [0.1, 0.15) is 23.7 Å². The molecule has 0 aromatic heterocycles. The molecule has 2 aromatic rings. The molecule has 0 saturated heterocycles. The van der Waals surface area contributed by atoms with Crippen LogP contribution in [0.4, 0.5) is 0 Å². The monoisotopic (exact) mass is 319 g/mol. The van der Waals surface area contributed by atoms with Gasteiger partial charge in [0.05, 0.1) is 24.7 Å². The van der Waals surface area contributed by atoms with E-state index in [9.17, 15) is 9.90 Å². The third-order valence-corrected chi connectivity index (χ3v) is 3.56. The van der Waals surface area contributed by atoms with E-state index in [1.54, 1.807) is 31.4 Å². The Hall–Kier alpha value is -2.04. The summed E-state index contributed by atoms with van der Waals surface area (Å²) in [7, 11) is 1.55. The van der Waals surface area contributed by atoms with Crippen LogP contribution in [0.3, 0.4) is 0 Å². The van der Waals surface area contributed by atoms with Gasteiger partial charge in [0.1, 0.15) is 5.75 Å². The fourth-order valence-corrected chi connectivity index (χ4v) is 2.34. The Kier molecular flexibility index (Phi) is 5.81. The number of amides is 1. The largest absolute Gasteiger partial charge is 0.495 e. The average Bonchev–Trinajstić information content (AvgIpc) is 2.54. The van der Waals surface area contributed by atoms with Crippen LogP contribution < -0.4 is 10.1 Å². The molecule has 22 heavy (non-hydrogen) atoms. The summed E-state index contributed by atoms with van der Waals surface area (Å²) >= 11 is 6.03. The van der Waals surface area contributed by atoms with Gasteiger partial charge in [0.15, 0.2) is 0 Å². The minimum Gasteiger partial charge on any atom is -0.495 e. The third-order valence-electron chi connectivity index (χ3n) is 3.27. The highest BCUT2D eigenvalue weighted by Gasteiger charge is 2.12. The van der Waals surface area contributed by atoms with Gasteiger partial charge in [-0.3, -0.25) is 4.79 Å². The third kappa shape index (κ3) is 4.48. The topological polar surface area (TPSA) is 58.6 Å². The van der Waals surface area contributed by atoms with Crippen molar-refractivity contribution < 1.29 is 14.6 Å². The molecule has 2 rings (SSSR count). The minimum atomic E-state index is -0.805. The second kappa shape index (κ2) is 7.82. The van der Waals surface area contributed by atoms with E-state index in [1.807, 2.05) is 24.3 Å². The van der Waals surface area contributed by atoms with Gasteiger partial charge in [0, 0.05) is 6.54 Å². The molecular weight excluding hydrogens is 302 g/mol. The SMILES string of the molecule is COc1ccc(CNC(=O)CC(O)c2ccccc2)cc1Cl. The van der Waals surface area contributed by atoms with Crippen LogP contribution >= 0.6 is 11.6 Å². The number of rotatable bonds is 6. The smallest absolute Gasteiger partial charge is 0.223 e. The molecule has 4 nitrogen and oxygen atoms in total. The zero-order valence-electron chi connectivity index (χ0n) is 12.3. The maximum Gasteiger partial charge on any atom is 0.223 e. The van der Waals surface area contributed by atoms with Gasteiger partial charge >= 0.3 is 0 Å². The summed E-state index contributed by atoms with van der Waals surface area (Å²) in [4.78, 5) is 11.9. The van der Waals surface area contributed by atoms with Crippen LogP contribution in [0.25, 0.3) is 0 Å². The van der Waals surface area contributed by atoms with Crippen LogP contribution in [0, 0.1) is 0 Å². The van der Waals surface area contributed by atoms with E-state index in [0.29, 0.717) is 17.3 Å². The Bertz CT molecular complexity index is 631. The van der Waals surface area contributed by atoms with Crippen LogP contribution in [-0.2, 0) is 11.3 Å². The summed E-state index contributed by atoms with van der Waals surface area (Å²) < 4.78 is 5.07. The molecular formula is C17H18ClNO3. The van der Waals surface area contributed by atoms with Gasteiger partial charge in [-0.2, -0.15) is 0 Å². The molecule has 2 aromatic carbocycles. The molecule has 1 amide bonds. The average molecular weight is 320 g/mol. The van der Waals surface area contributed by atoms with Crippen LogP contribution in [-0.4, -0.2) is 18.1 Å². The van der Waals surface area contributed by atoms with Gasteiger partial charge in [0.2, 0.25) is 5.91 Å². The maximum atomic E-state index is 11.9. The van der Waals surface area contributed by atoms with Crippen molar-refractivity contribution in [2.24, 2.45) is 0 Å². The normalized spacial score (nSPS) is 11.8. The first-order valence-electron chi connectivity index (χ1n) is 6.92. The van der Waals surface area contributed by atoms with E-state index in [1.165, 1.54) is 0 Å². The molecule has 1 atom stereocenters. The van der Waals surface area contributed by atoms with Gasteiger partial charge in [-0.15, -0.1) is 0 Å². The van der Waals surface area contributed by atoms with Crippen molar-refractivity contribution in [3.05, 3.63) is 64.7 Å². The quantitative estimate of drug-likeness (QED) is 0.860. The van der Waals surface area contributed by atoms with Gasteiger partial charge in [0.25, 0.3) is 0 Å². The molecule has 116 valence electrons. The highest BCUT2D eigenvalue weighted by molar-refractivity contribution is 6.32. The summed E-state index contributed by atoms with van der Waals surface area (Å²) in [6, 6.07) is 14.4. The number of nitrogens with one attached hydrogen (secondary N) is 1. The van der Waals surface area contributed by atoms with Crippen molar-refractivity contribution >= 4 is 17.5 Å². The molecule has 0 spiro atoms. The zero-order valence-corrected chi connectivity index (χ0v) is 13.0. The number of ether oxygens (including phenoxy) is 1. The van der Waals surface area contributed by atoms with Crippen LogP contribution in [0.2, 0.25) is 5.02 Å². The Morgan fingerprint density at radius 1 is 1.27 bits per heavy atom. The minimum absolute atomic E-state index is 0.0217. The van der Waals surface area contributed by atoms with Crippen LogP contribution in [0.5, 0.6) is 5.75 Å². The fraction of sp³-hybridized carbons (Fsp3) is 0.235. The lowest BCUT2D eigenvalue weighted by molar-refractivity contribution is -0.123. The van der Waals surface area contributed by atoms with E-state index in [4.69, 9.17) is 16.3 Å². The van der Waals surface area contributed by atoms with Gasteiger partial charge < -0.3 is 15.2 Å². The van der Waals surface area contributed by atoms with Crippen molar-refractivity contribution in [3.8, 4) is 5.75 Å². The second-order valence-corrected chi connectivity index (χ2v) is 5.28. The molecule has 0 aliphatic carbocycles. The lowest BCUT2D eigenvalue weighted by Crippen LogP contribution is -2.24. The molecule has 5 heteroatoms. The number of carbonyl (C=O) groups is 1. The predicted octanol–water partition coefficient (Wildman–Crippen LogP) is 3.09. The van der Waals surface area contributed by atoms with E-state index in [2.05, 4.69) is 5.32 Å². The number of halogens is 1. The van der Waals surface area contributed by atoms with Gasteiger partial charge in [-0.1, -0.05) is 48.0 Å². The Morgan fingerprint density at radius 3 is 2.64 bits per heavy atom. The summed E-state index contributed by atoms with van der Waals surface area (Å²) in [5.41, 5.74) is 1.60. The maximum absolute atomic E-state index is 11.9. The summed E-state index contributed by atoms with van der Waals surface area (Å²) in [6.07, 6.45) is -0.783. The zero-order chi connectivity index (χ0) is 15.9. The van der Waals surface area contributed by atoms with Crippen molar-refractivity contribution in [1.29, 1.82) is 0 Å². The first-order chi connectivity index (χ1) is 10.6. The van der Waals surface area contributed by atoms with Gasteiger partial charge in [-0.25, -0.2) is 0 Å². The van der Waals surface area contributed by atoms with Crippen molar-refractivity contribution in [3.63, 3.8) is 0 Å². The number of aliphatic hydroxyl groups is 1. The van der Waals surface area contributed by atoms with Crippen molar-refractivity contribution in [1.82, 2.24) is 5.32 Å². The first-order valence-corrected chi connectivity index (χ1v) is 7.30. The molecule has 0 heterocycles. The molecule has 0 fully saturated rings. The lowest BCUT2D eigenvalue weighted by Gasteiger charge is -2.12. The predicted molar refractivity (Wildman–Crippen MR) is 85.9 cm³/mol. The second-order valence-electron chi connectivity index (χ2n) is 4.88. The summed E-state index contributed by atoms with van der Waals surface area (Å²) in [5, 5.41) is 13.3. The molecule has 2 N–H and O–H groups in total. The molecule has 0 aliphatic rings. The van der Waals surface area contributed by atoms with Crippen LogP contribution in [0.15, 0.2) is 48.5 Å². The van der Waals surface area contributed by atoms with Crippen molar-refractivity contribution in [2.45, 2.75) is 19.1 Å². The van der Waals surface area contributed by atoms with Gasteiger partial charge in [-0.05, 0) is 23.3 Å². The number of hydrogen-bond acceptors (Lipinski definition) is 3. The number of methoxy groups -OCH3 is 1.